The monoisotopic (exact) mass is 488 g/mol. The van der Waals surface area contributed by atoms with Crippen LogP contribution in [-0.2, 0) is 14.3 Å². The first-order valence-corrected chi connectivity index (χ1v) is 13.2. The van der Waals surface area contributed by atoms with Crippen LogP contribution in [0.3, 0.4) is 0 Å². The van der Waals surface area contributed by atoms with E-state index in [9.17, 15) is 30.0 Å². The third-order valence-corrected chi connectivity index (χ3v) is 11.3. The quantitative estimate of drug-likeness (QED) is 0.355. The molecule has 7 nitrogen and oxygen atoms in total. The maximum absolute atomic E-state index is 13.1. The molecule has 4 aliphatic carbocycles. The maximum atomic E-state index is 13.1. The largest absolute Gasteiger partial charge is 0.456 e. The lowest BCUT2D eigenvalue weighted by Gasteiger charge is -2.61. The van der Waals surface area contributed by atoms with Crippen LogP contribution in [0.5, 0.6) is 0 Å². The zero-order valence-corrected chi connectivity index (χ0v) is 21.2. The predicted octanol–water partition coefficient (Wildman–Crippen LogP) is 2.31. The van der Waals surface area contributed by atoms with Crippen molar-refractivity contribution in [3.05, 3.63) is 23.8 Å². The highest BCUT2D eigenvalue weighted by atomic mass is 16.6. The number of hydrogen-bond donors (Lipinski definition) is 4. The van der Waals surface area contributed by atoms with Gasteiger partial charge in [-0.2, -0.15) is 0 Å². The Morgan fingerprint density at radius 1 is 1.17 bits per heavy atom. The molecule has 11 atom stereocenters. The number of cyclic esters (lactones) is 1. The van der Waals surface area contributed by atoms with E-state index >= 15 is 0 Å². The van der Waals surface area contributed by atoms with Crippen molar-refractivity contribution >= 4 is 11.8 Å². The molecule has 0 radical (unpaired) electrons. The number of fused-ring (bicyclic) bond motifs is 5. The number of allylic oxidation sites excluding steroid dienone is 4. The number of ketones is 1. The molecule has 0 unspecified atom stereocenters. The van der Waals surface area contributed by atoms with Gasteiger partial charge in [-0.15, -0.1) is 0 Å². The first-order chi connectivity index (χ1) is 16.3. The van der Waals surface area contributed by atoms with Gasteiger partial charge < -0.3 is 25.2 Å². The maximum Gasteiger partial charge on any atom is 0.309 e. The van der Waals surface area contributed by atoms with Gasteiger partial charge in [-0.1, -0.05) is 31.6 Å². The third-order valence-electron chi connectivity index (χ3n) is 11.3. The van der Waals surface area contributed by atoms with Crippen LogP contribution in [0.2, 0.25) is 0 Å². The molecule has 1 saturated heterocycles. The van der Waals surface area contributed by atoms with Crippen molar-refractivity contribution in [2.75, 3.05) is 6.61 Å². The SMILES string of the molecule is C[C@H]1C(=O)O[C@@H]([C@](C)(O)[C@H]2CC[C@@]3(O)[C@@H]4CC=C5CC=CC(=O)[C@]5(C)[C@H]4CC[C@]23C)[C@@H](O)[C@@H]1CO. The number of aliphatic hydroxyl groups is 4. The Morgan fingerprint density at radius 3 is 2.57 bits per heavy atom. The molecule has 3 fully saturated rings. The highest BCUT2D eigenvalue weighted by Crippen LogP contribution is 2.69. The summed E-state index contributed by atoms with van der Waals surface area (Å²) in [7, 11) is 0. The molecule has 1 heterocycles. The van der Waals surface area contributed by atoms with E-state index in [1.165, 1.54) is 0 Å². The summed E-state index contributed by atoms with van der Waals surface area (Å²) in [6, 6.07) is 0. The first kappa shape index (κ1) is 25.1. The van der Waals surface area contributed by atoms with Crippen molar-refractivity contribution in [3.63, 3.8) is 0 Å². The van der Waals surface area contributed by atoms with Gasteiger partial charge in [-0.25, -0.2) is 0 Å². The number of carbonyl (C=O) groups excluding carboxylic acids is 2. The Hall–Kier alpha value is -1.54. The molecule has 0 aromatic rings. The van der Waals surface area contributed by atoms with Crippen molar-refractivity contribution in [1.29, 1.82) is 0 Å². The molecule has 7 heteroatoms. The van der Waals surface area contributed by atoms with Crippen molar-refractivity contribution in [2.45, 2.75) is 89.6 Å². The van der Waals surface area contributed by atoms with Crippen molar-refractivity contribution in [2.24, 2.45) is 40.4 Å². The summed E-state index contributed by atoms with van der Waals surface area (Å²) < 4.78 is 5.59. The highest BCUT2D eigenvalue weighted by Gasteiger charge is 2.70. The molecule has 4 N–H and O–H groups in total. The molecular formula is C28H40O7. The Balaban J connectivity index is 1.49. The number of esters is 1. The standard InChI is InChI=1S/C28H40O7/c1-15-17(14-29)22(31)23(35-24(15)32)27(4,33)20-11-13-28(34)19-9-8-16-6-5-7-21(30)26(16,3)18(19)10-12-25(20,28)2/h5,7-8,15,17-20,22-23,29,31,33-34H,6,9-14H2,1-4H3/t15-,17-,18+,19-,20+,22+,23-,25-,26+,27-,28-/m1/s1. The molecule has 5 aliphatic rings. The van der Waals surface area contributed by atoms with Gasteiger partial charge in [-0.3, -0.25) is 9.59 Å². The highest BCUT2D eigenvalue weighted by molar-refractivity contribution is 5.98. The molecule has 2 saturated carbocycles. The van der Waals surface area contributed by atoms with Crippen LogP contribution in [-0.4, -0.2) is 62.2 Å². The summed E-state index contributed by atoms with van der Waals surface area (Å²) in [4.78, 5) is 25.7. The Kier molecular flexibility index (Phi) is 5.73. The van der Waals surface area contributed by atoms with Crippen LogP contribution in [0.15, 0.2) is 23.8 Å². The lowest BCUT2D eigenvalue weighted by atomic mass is 9.45. The lowest BCUT2D eigenvalue weighted by Crippen LogP contribution is -2.66. The van der Waals surface area contributed by atoms with Gasteiger partial charge >= 0.3 is 5.97 Å². The summed E-state index contributed by atoms with van der Waals surface area (Å²) in [6.07, 6.45) is 7.22. The van der Waals surface area contributed by atoms with E-state index in [-0.39, 0.29) is 24.2 Å². The van der Waals surface area contributed by atoms with Gasteiger partial charge in [0.05, 0.1) is 23.0 Å². The van der Waals surface area contributed by atoms with Gasteiger partial charge in [-0.05, 0) is 76.2 Å². The minimum atomic E-state index is -1.60. The predicted molar refractivity (Wildman–Crippen MR) is 128 cm³/mol. The van der Waals surface area contributed by atoms with Gasteiger partial charge in [0.2, 0.25) is 0 Å². The molecule has 0 spiro atoms. The number of hydrogen-bond acceptors (Lipinski definition) is 7. The van der Waals surface area contributed by atoms with Crippen LogP contribution in [0.1, 0.15) is 66.2 Å². The molecule has 0 bridgehead atoms. The van der Waals surface area contributed by atoms with Crippen LogP contribution >= 0.6 is 0 Å². The summed E-state index contributed by atoms with van der Waals surface area (Å²) in [5, 5.41) is 45.1. The van der Waals surface area contributed by atoms with E-state index in [1.54, 1.807) is 19.9 Å². The number of aliphatic hydroxyl groups excluding tert-OH is 2. The molecule has 5 rings (SSSR count). The van der Waals surface area contributed by atoms with Crippen molar-refractivity contribution in [1.82, 2.24) is 0 Å². The van der Waals surface area contributed by atoms with Crippen LogP contribution in [0.4, 0.5) is 0 Å². The van der Waals surface area contributed by atoms with Gasteiger partial charge in [0, 0.05) is 17.9 Å². The summed E-state index contributed by atoms with van der Waals surface area (Å²) in [5.74, 6) is -2.33. The van der Waals surface area contributed by atoms with Crippen LogP contribution < -0.4 is 0 Å². The molecule has 0 aromatic carbocycles. The smallest absolute Gasteiger partial charge is 0.309 e. The Bertz CT molecular complexity index is 984. The molecule has 0 amide bonds. The fraction of sp³-hybridized carbons (Fsp3) is 0.786. The summed E-state index contributed by atoms with van der Waals surface area (Å²) >= 11 is 0. The molecule has 0 aromatic heterocycles. The Morgan fingerprint density at radius 2 is 1.89 bits per heavy atom. The average Bonchev–Trinajstić information content (AvgIpc) is 3.09. The van der Waals surface area contributed by atoms with E-state index < -0.39 is 58.0 Å². The molecule has 35 heavy (non-hydrogen) atoms. The van der Waals surface area contributed by atoms with Gasteiger partial charge in [0.15, 0.2) is 11.9 Å². The second-order valence-corrected chi connectivity index (χ2v) is 12.5. The second-order valence-electron chi connectivity index (χ2n) is 12.5. The minimum Gasteiger partial charge on any atom is -0.456 e. The number of carbonyl (C=O) groups is 2. The number of ether oxygens (including phenoxy) is 1. The zero-order chi connectivity index (χ0) is 25.6. The Labute approximate surface area is 207 Å². The number of rotatable bonds is 3. The van der Waals surface area contributed by atoms with Gasteiger partial charge in [0.25, 0.3) is 0 Å². The van der Waals surface area contributed by atoms with E-state index in [0.717, 1.165) is 18.4 Å². The zero-order valence-electron chi connectivity index (χ0n) is 21.2. The molecule has 1 aliphatic heterocycles. The third kappa shape index (κ3) is 3.11. The molecule has 194 valence electrons. The lowest BCUT2D eigenvalue weighted by molar-refractivity contribution is -0.243. The van der Waals surface area contributed by atoms with E-state index in [1.807, 2.05) is 19.9 Å². The van der Waals surface area contributed by atoms with Crippen LogP contribution in [0.25, 0.3) is 0 Å². The topological polar surface area (TPSA) is 124 Å². The normalized spacial score (nSPS) is 51.0. The van der Waals surface area contributed by atoms with E-state index in [2.05, 4.69) is 6.08 Å². The summed E-state index contributed by atoms with van der Waals surface area (Å²) in [6.45, 7) is 6.88. The van der Waals surface area contributed by atoms with E-state index in [4.69, 9.17) is 4.74 Å². The fourth-order valence-electron chi connectivity index (χ4n) is 9.00. The van der Waals surface area contributed by atoms with E-state index in [0.29, 0.717) is 25.7 Å². The van der Waals surface area contributed by atoms with Crippen LogP contribution in [0, 0.1) is 40.4 Å². The van der Waals surface area contributed by atoms with Gasteiger partial charge in [0.1, 0.15) is 5.60 Å². The first-order valence-electron chi connectivity index (χ1n) is 13.2. The summed E-state index contributed by atoms with van der Waals surface area (Å²) in [5.41, 5.74) is -2.82. The minimum absolute atomic E-state index is 0.0273. The average molecular weight is 489 g/mol. The fourth-order valence-corrected chi connectivity index (χ4v) is 9.00. The van der Waals surface area contributed by atoms with Crippen molar-refractivity contribution in [3.8, 4) is 0 Å². The molecular weight excluding hydrogens is 448 g/mol. The second kappa shape index (κ2) is 7.98. The van der Waals surface area contributed by atoms with Crippen molar-refractivity contribution < 1.29 is 34.8 Å².